The van der Waals surface area contributed by atoms with Crippen LogP contribution in [0.5, 0.6) is 0 Å². The Morgan fingerprint density at radius 2 is 1.91 bits per heavy atom. The van der Waals surface area contributed by atoms with Crippen LogP contribution in [0, 0.1) is 0 Å². The molecule has 1 heteroatoms. The highest BCUT2D eigenvalue weighted by Gasteiger charge is 1.90. The monoisotopic (exact) mass is 147 g/mol. The van der Waals surface area contributed by atoms with Gasteiger partial charge >= 0.3 is 0 Å². The third-order valence-electron chi connectivity index (χ3n) is 1.58. The van der Waals surface area contributed by atoms with Crippen molar-refractivity contribution in [3.8, 4) is 0 Å². The van der Waals surface area contributed by atoms with Gasteiger partial charge in [0.15, 0.2) is 0 Å². The second-order valence-corrected chi connectivity index (χ2v) is 2.64. The smallest absolute Gasteiger partial charge is 0.00108 e. The number of hydrogen-bond donors (Lipinski definition) is 1. The third-order valence-corrected chi connectivity index (χ3v) is 1.58. The number of allylic oxidation sites excluding steroid dienone is 1. The molecule has 0 radical (unpaired) electrons. The number of aryl methyl sites for hydroxylation is 1. The van der Waals surface area contributed by atoms with E-state index in [0.29, 0.717) is 0 Å². The first-order chi connectivity index (χ1) is 5.29. The van der Waals surface area contributed by atoms with Gasteiger partial charge in [-0.2, -0.15) is 0 Å². The summed E-state index contributed by atoms with van der Waals surface area (Å²) < 4.78 is 0. The maximum atomic E-state index is 5.45. The van der Waals surface area contributed by atoms with E-state index in [0.717, 1.165) is 18.5 Å². The van der Waals surface area contributed by atoms with Gasteiger partial charge in [0.1, 0.15) is 0 Å². The fourth-order valence-electron chi connectivity index (χ4n) is 0.950. The zero-order valence-corrected chi connectivity index (χ0v) is 6.59. The van der Waals surface area contributed by atoms with Crippen molar-refractivity contribution < 1.29 is 0 Å². The first kappa shape index (κ1) is 7.86. The minimum Gasteiger partial charge on any atom is -0.403 e. The van der Waals surface area contributed by atoms with E-state index < -0.39 is 0 Å². The molecule has 0 fully saturated rings. The van der Waals surface area contributed by atoms with E-state index in [9.17, 15) is 0 Å². The van der Waals surface area contributed by atoms with Crippen LogP contribution in [-0.4, -0.2) is 0 Å². The first-order valence-corrected chi connectivity index (χ1v) is 3.76. The van der Waals surface area contributed by atoms with Gasteiger partial charge in [-0.3, -0.25) is 0 Å². The van der Waals surface area contributed by atoms with E-state index in [1.165, 1.54) is 5.56 Å². The van der Waals surface area contributed by atoms with Crippen LogP contribution in [0.3, 0.4) is 0 Å². The molecule has 0 bridgehead atoms. The lowest BCUT2D eigenvalue weighted by Crippen LogP contribution is -1.96. The Kier molecular flexibility index (Phi) is 2.73. The van der Waals surface area contributed by atoms with E-state index in [1.807, 2.05) is 18.2 Å². The van der Waals surface area contributed by atoms with Crippen molar-refractivity contribution in [3.05, 3.63) is 48.2 Å². The van der Waals surface area contributed by atoms with E-state index in [2.05, 4.69) is 18.7 Å². The highest BCUT2D eigenvalue weighted by atomic mass is 14.5. The van der Waals surface area contributed by atoms with Gasteiger partial charge in [0.05, 0.1) is 0 Å². The molecule has 0 atom stereocenters. The Balaban J connectivity index is 2.45. The topological polar surface area (TPSA) is 26.0 Å². The van der Waals surface area contributed by atoms with Crippen LogP contribution >= 0.6 is 0 Å². The summed E-state index contributed by atoms with van der Waals surface area (Å²) in [4.78, 5) is 0. The molecule has 0 unspecified atom stereocenters. The molecule has 1 nitrogen and oxygen atoms in total. The molecular formula is C10H13N. The minimum atomic E-state index is 0.758. The molecule has 1 aromatic carbocycles. The van der Waals surface area contributed by atoms with Crippen LogP contribution in [0.1, 0.15) is 12.0 Å². The lowest BCUT2D eigenvalue weighted by Gasteiger charge is -1.99. The molecule has 58 valence electrons. The van der Waals surface area contributed by atoms with Gasteiger partial charge < -0.3 is 5.73 Å². The second kappa shape index (κ2) is 3.81. The van der Waals surface area contributed by atoms with Crippen molar-refractivity contribution in [3.63, 3.8) is 0 Å². The molecule has 11 heavy (non-hydrogen) atoms. The summed E-state index contributed by atoms with van der Waals surface area (Å²) in [5, 5.41) is 0. The molecule has 0 saturated heterocycles. The second-order valence-electron chi connectivity index (χ2n) is 2.64. The highest BCUT2D eigenvalue weighted by molar-refractivity contribution is 5.15. The van der Waals surface area contributed by atoms with Crippen molar-refractivity contribution in [2.75, 3.05) is 0 Å². The van der Waals surface area contributed by atoms with Crippen LogP contribution in [-0.2, 0) is 6.42 Å². The molecule has 1 aromatic rings. The Morgan fingerprint density at radius 1 is 1.27 bits per heavy atom. The van der Waals surface area contributed by atoms with Gasteiger partial charge in [-0.1, -0.05) is 36.9 Å². The largest absolute Gasteiger partial charge is 0.403 e. The Morgan fingerprint density at radius 3 is 2.45 bits per heavy atom. The zero-order valence-electron chi connectivity index (χ0n) is 6.59. The summed E-state index contributed by atoms with van der Waals surface area (Å²) >= 11 is 0. The summed E-state index contributed by atoms with van der Waals surface area (Å²) in [6.45, 7) is 3.65. The van der Waals surface area contributed by atoms with Crippen molar-refractivity contribution in [1.29, 1.82) is 0 Å². The van der Waals surface area contributed by atoms with Crippen LogP contribution in [0.4, 0.5) is 0 Å². The zero-order chi connectivity index (χ0) is 8.10. The van der Waals surface area contributed by atoms with E-state index in [-0.39, 0.29) is 0 Å². The molecule has 0 aliphatic rings. The first-order valence-electron chi connectivity index (χ1n) is 3.76. The maximum Gasteiger partial charge on any atom is 0.00108 e. The van der Waals surface area contributed by atoms with Gasteiger partial charge in [-0.15, -0.1) is 0 Å². The van der Waals surface area contributed by atoms with Gasteiger partial charge in [0.2, 0.25) is 0 Å². The minimum absolute atomic E-state index is 0.758. The molecule has 0 aliphatic carbocycles. The lowest BCUT2D eigenvalue weighted by molar-refractivity contribution is 0.932. The lowest BCUT2D eigenvalue weighted by atomic mass is 10.1. The number of rotatable bonds is 3. The Labute approximate surface area is 67.5 Å². The average Bonchev–Trinajstić information content (AvgIpc) is 2.03. The average molecular weight is 147 g/mol. The molecule has 1 rings (SSSR count). The molecule has 0 aromatic heterocycles. The van der Waals surface area contributed by atoms with Gasteiger partial charge in [0, 0.05) is 5.70 Å². The van der Waals surface area contributed by atoms with E-state index in [1.54, 1.807) is 0 Å². The third kappa shape index (κ3) is 2.89. The van der Waals surface area contributed by atoms with Crippen LogP contribution in [0.15, 0.2) is 42.6 Å². The number of hydrogen-bond acceptors (Lipinski definition) is 1. The summed E-state index contributed by atoms with van der Waals surface area (Å²) in [6.07, 6.45) is 1.88. The quantitative estimate of drug-likeness (QED) is 0.696. The van der Waals surface area contributed by atoms with Crippen LogP contribution in [0.25, 0.3) is 0 Å². The Bertz CT molecular complexity index is 226. The van der Waals surface area contributed by atoms with Gasteiger partial charge in [-0.25, -0.2) is 0 Å². The normalized spacial score (nSPS) is 9.45. The van der Waals surface area contributed by atoms with Crippen molar-refractivity contribution in [1.82, 2.24) is 0 Å². The molecule has 0 amide bonds. The Hall–Kier alpha value is -1.24. The van der Waals surface area contributed by atoms with Crippen molar-refractivity contribution in [2.45, 2.75) is 12.8 Å². The van der Waals surface area contributed by atoms with E-state index in [4.69, 9.17) is 5.73 Å². The fraction of sp³-hybridized carbons (Fsp3) is 0.200. The predicted octanol–water partition coefficient (Wildman–Crippen LogP) is 2.09. The van der Waals surface area contributed by atoms with Crippen LogP contribution in [0.2, 0.25) is 0 Å². The summed E-state index contributed by atoms with van der Waals surface area (Å²) in [5.74, 6) is 0. The predicted molar refractivity (Wildman–Crippen MR) is 48.1 cm³/mol. The highest BCUT2D eigenvalue weighted by Crippen LogP contribution is 2.03. The standard InChI is InChI=1S/C10H13N/c1-9(11)7-8-10-5-3-2-4-6-10/h2-6H,1,7-8,11H2. The van der Waals surface area contributed by atoms with Crippen molar-refractivity contribution in [2.24, 2.45) is 5.73 Å². The molecule has 0 aliphatic heterocycles. The van der Waals surface area contributed by atoms with Gasteiger partial charge in [-0.05, 0) is 18.4 Å². The molecule has 0 heterocycles. The fourth-order valence-corrected chi connectivity index (χ4v) is 0.950. The SMILES string of the molecule is C=C(N)CCc1ccccc1. The summed E-state index contributed by atoms with van der Waals surface area (Å²) in [7, 11) is 0. The van der Waals surface area contributed by atoms with Gasteiger partial charge in [0.25, 0.3) is 0 Å². The number of nitrogens with two attached hydrogens (primary N) is 1. The summed E-state index contributed by atoms with van der Waals surface area (Å²) in [5.41, 5.74) is 7.52. The maximum absolute atomic E-state index is 5.45. The molecule has 2 N–H and O–H groups in total. The van der Waals surface area contributed by atoms with Crippen LogP contribution < -0.4 is 5.73 Å². The van der Waals surface area contributed by atoms with Crippen molar-refractivity contribution >= 4 is 0 Å². The molecule has 0 spiro atoms. The molecule has 0 saturated carbocycles. The van der Waals surface area contributed by atoms with E-state index >= 15 is 0 Å². The summed E-state index contributed by atoms with van der Waals surface area (Å²) in [6, 6.07) is 10.3. The number of benzene rings is 1. The molecular weight excluding hydrogens is 134 g/mol.